The minimum absolute atomic E-state index is 0.264. The van der Waals surface area contributed by atoms with E-state index < -0.39 is 23.6 Å². The molecule has 0 spiro atoms. The molecule has 0 amide bonds. The van der Waals surface area contributed by atoms with E-state index in [1.165, 1.54) is 12.1 Å². The van der Waals surface area contributed by atoms with E-state index in [0.717, 1.165) is 6.07 Å². The van der Waals surface area contributed by atoms with Crippen LogP contribution in [0.15, 0.2) is 18.2 Å². The van der Waals surface area contributed by atoms with Crippen LogP contribution >= 0.6 is 0 Å². The molecule has 0 radical (unpaired) electrons. The molecular weight excluding hydrogens is 218 g/mol. The minimum atomic E-state index is -3.18. The van der Waals surface area contributed by atoms with Crippen LogP contribution in [0.1, 0.15) is 29.7 Å². The van der Waals surface area contributed by atoms with Gasteiger partial charge in [0, 0.05) is 18.1 Å². The molecule has 1 aromatic rings. The Morgan fingerprint density at radius 1 is 1.44 bits per heavy atom. The largest absolute Gasteiger partial charge is 0.479 e. The van der Waals surface area contributed by atoms with Gasteiger partial charge in [0.1, 0.15) is 0 Å². The Labute approximate surface area is 91.3 Å². The van der Waals surface area contributed by atoms with E-state index in [1.54, 1.807) is 6.92 Å². The summed E-state index contributed by atoms with van der Waals surface area (Å²) in [6.07, 6.45) is -1.93. The lowest BCUT2D eigenvalue weighted by molar-refractivity contribution is -0.147. The van der Waals surface area contributed by atoms with Gasteiger partial charge >= 0.3 is 5.97 Å². The molecule has 1 atom stereocenters. The average Bonchev–Trinajstić information content (AvgIpc) is 2.14. The van der Waals surface area contributed by atoms with Crippen LogP contribution < -0.4 is 0 Å². The van der Waals surface area contributed by atoms with Crippen molar-refractivity contribution in [2.75, 3.05) is 0 Å². The van der Waals surface area contributed by atoms with E-state index in [4.69, 9.17) is 5.11 Å². The molecule has 0 saturated heterocycles. The van der Waals surface area contributed by atoms with Gasteiger partial charge in [-0.05, 0) is 6.92 Å². The topological polar surface area (TPSA) is 57.5 Å². The Bertz CT molecular complexity index is 410. The lowest BCUT2D eigenvalue weighted by Gasteiger charge is -2.18. The van der Waals surface area contributed by atoms with Gasteiger partial charge in [0.15, 0.2) is 6.10 Å². The van der Waals surface area contributed by atoms with Crippen LogP contribution in [0.25, 0.3) is 0 Å². The second-order valence-corrected chi connectivity index (χ2v) is 3.72. The zero-order valence-corrected chi connectivity index (χ0v) is 8.87. The van der Waals surface area contributed by atoms with Crippen LogP contribution in [-0.2, 0) is 10.7 Å². The van der Waals surface area contributed by atoms with Gasteiger partial charge in [-0.2, -0.15) is 0 Å². The SMILES string of the molecule is Cc1ccc(C(C)(F)F)c(C(O)C(=O)O)c1. The molecule has 1 aromatic carbocycles. The van der Waals surface area contributed by atoms with Gasteiger partial charge < -0.3 is 10.2 Å². The number of rotatable bonds is 3. The Kier molecular flexibility index (Phi) is 3.28. The molecule has 0 fully saturated rings. The maximum atomic E-state index is 13.2. The third kappa shape index (κ3) is 2.55. The number of carboxylic acids is 1. The Morgan fingerprint density at radius 2 is 2.00 bits per heavy atom. The van der Waals surface area contributed by atoms with Crippen LogP contribution in [0.4, 0.5) is 8.78 Å². The molecule has 1 unspecified atom stereocenters. The lowest BCUT2D eigenvalue weighted by Crippen LogP contribution is -2.18. The summed E-state index contributed by atoms with van der Waals surface area (Å²) in [6.45, 7) is 2.30. The number of aliphatic hydroxyl groups excluding tert-OH is 1. The summed E-state index contributed by atoms with van der Waals surface area (Å²) in [6, 6.07) is 3.84. The third-order valence-electron chi connectivity index (χ3n) is 2.21. The number of alkyl halides is 2. The Hall–Kier alpha value is -1.49. The molecule has 88 valence electrons. The fourth-order valence-electron chi connectivity index (χ4n) is 1.44. The Balaban J connectivity index is 3.35. The number of carbonyl (C=O) groups is 1. The van der Waals surface area contributed by atoms with Crippen LogP contribution in [0.5, 0.6) is 0 Å². The number of aliphatic carboxylic acids is 1. The van der Waals surface area contributed by atoms with Gasteiger partial charge in [-0.3, -0.25) is 0 Å². The molecule has 0 bridgehead atoms. The maximum Gasteiger partial charge on any atom is 0.337 e. The first-order valence-electron chi connectivity index (χ1n) is 4.63. The van der Waals surface area contributed by atoms with E-state index >= 15 is 0 Å². The maximum absolute atomic E-state index is 13.2. The van der Waals surface area contributed by atoms with E-state index in [-0.39, 0.29) is 5.56 Å². The van der Waals surface area contributed by atoms with E-state index in [1.807, 2.05) is 0 Å². The van der Waals surface area contributed by atoms with Crippen molar-refractivity contribution < 1.29 is 23.8 Å². The third-order valence-corrected chi connectivity index (χ3v) is 2.21. The average molecular weight is 230 g/mol. The van der Waals surface area contributed by atoms with Gasteiger partial charge in [-0.25, -0.2) is 13.6 Å². The molecule has 0 saturated carbocycles. The normalized spacial score (nSPS) is 13.6. The second-order valence-electron chi connectivity index (χ2n) is 3.72. The highest BCUT2D eigenvalue weighted by atomic mass is 19.3. The molecule has 1 rings (SSSR count). The number of halogens is 2. The van der Waals surface area contributed by atoms with E-state index in [2.05, 4.69) is 0 Å². The summed E-state index contributed by atoms with van der Waals surface area (Å²) in [5.41, 5.74) is -0.115. The molecule has 0 aliphatic heterocycles. The van der Waals surface area contributed by atoms with Crippen LogP contribution in [-0.4, -0.2) is 16.2 Å². The summed E-state index contributed by atoms with van der Waals surface area (Å²) in [4.78, 5) is 10.6. The van der Waals surface area contributed by atoms with Crippen molar-refractivity contribution in [1.82, 2.24) is 0 Å². The molecule has 16 heavy (non-hydrogen) atoms. The summed E-state index contributed by atoms with van der Waals surface area (Å²) < 4.78 is 26.3. The van der Waals surface area contributed by atoms with Gasteiger partial charge in [0.25, 0.3) is 5.92 Å². The van der Waals surface area contributed by atoms with Crippen molar-refractivity contribution in [1.29, 1.82) is 0 Å². The second kappa shape index (κ2) is 4.17. The number of hydrogen-bond donors (Lipinski definition) is 2. The predicted octanol–water partition coefficient (Wildman–Crippen LogP) is 2.22. The van der Waals surface area contributed by atoms with Crippen LogP contribution in [0, 0.1) is 6.92 Å². The van der Waals surface area contributed by atoms with Crippen molar-refractivity contribution in [2.24, 2.45) is 0 Å². The van der Waals surface area contributed by atoms with E-state index in [9.17, 15) is 18.7 Å². The van der Waals surface area contributed by atoms with E-state index in [0.29, 0.717) is 12.5 Å². The van der Waals surface area contributed by atoms with Gasteiger partial charge in [0.2, 0.25) is 0 Å². The molecule has 3 nitrogen and oxygen atoms in total. The van der Waals surface area contributed by atoms with Crippen molar-refractivity contribution in [3.63, 3.8) is 0 Å². The molecule has 0 heterocycles. The molecule has 5 heteroatoms. The number of carboxylic acid groups (broad SMARTS) is 1. The smallest absolute Gasteiger partial charge is 0.337 e. The van der Waals surface area contributed by atoms with Gasteiger partial charge in [-0.1, -0.05) is 23.8 Å². The first-order chi connectivity index (χ1) is 7.23. The molecule has 0 aliphatic carbocycles. The molecule has 0 aromatic heterocycles. The van der Waals surface area contributed by atoms with Crippen molar-refractivity contribution in [3.05, 3.63) is 34.9 Å². The highest BCUT2D eigenvalue weighted by Crippen LogP contribution is 2.33. The number of hydrogen-bond acceptors (Lipinski definition) is 2. The zero-order chi connectivity index (χ0) is 12.5. The van der Waals surface area contributed by atoms with Crippen LogP contribution in [0.2, 0.25) is 0 Å². The van der Waals surface area contributed by atoms with Crippen molar-refractivity contribution >= 4 is 5.97 Å². The summed E-state index contributed by atoms with van der Waals surface area (Å²) in [5.74, 6) is -4.73. The number of aryl methyl sites for hydroxylation is 1. The van der Waals surface area contributed by atoms with Crippen LogP contribution in [0.3, 0.4) is 0 Å². The standard InChI is InChI=1S/C11H12F2O3/c1-6-3-4-8(11(2,12)13)7(5-6)9(14)10(15)16/h3-5,9,14H,1-2H3,(H,15,16). The summed E-state index contributed by atoms with van der Waals surface area (Å²) >= 11 is 0. The first kappa shape index (κ1) is 12.6. The minimum Gasteiger partial charge on any atom is -0.479 e. The summed E-state index contributed by atoms with van der Waals surface area (Å²) in [5, 5.41) is 18.0. The zero-order valence-electron chi connectivity index (χ0n) is 8.87. The molecule has 2 N–H and O–H groups in total. The first-order valence-corrected chi connectivity index (χ1v) is 4.63. The monoisotopic (exact) mass is 230 g/mol. The predicted molar refractivity (Wildman–Crippen MR) is 53.3 cm³/mol. The van der Waals surface area contributed by atoms with Crippen molar-refractivity contribution in [2.45, 2.75) is 25.9 Å². The Morgan fingerprint density at radius 3 is 2.44 bits per heavy atom. The summed E-state index contributed by atoms with van der Waals surface area (Å²) in [7, 11) is 0. The number of aliphatic hydroxyl groups is 1. The van der Waals surface area contributed by atoms with Gasteiger partial charge in [-0.15, -0.1) is 0 Å². The van der Waals surface area contributed by atoms with Gasteiger partial charge in [0.05, 0.1) is 0 Å². The highest BCUT2D eigenvalue weighted by Gasteiger charge is 2.31. The fourth-order valence-corrected chi connectivity index (χ4v) is 1.44. The fraction of sp³-hybridized carbons (Fsp3) is 0.364. The van der Waals surface area contributed by atoms with Crippen molar-refractivity contribution in [3.8, 4) is 0 Å². The molecular formula is C11H12F2O3. The molecule has 0 aliphatic rings. The highest BCUT2D eigenvalue weighted by molar-refractivity contribution is 5.74. The quantitative estimate of drug-likeness (QED) is 0.837. The lowest BCUT2D eigenvalue weighted by atomic mass is 9.96. The number of benzene rings is 1.